The van der Waals surface area contributed by atoms with E-state index in [1.54, 1.807) is 6.07 Å². The van der Waals surface area contributed by atoms with E-state index in [4.69, 9.17) is 4.74 Å². The molecule has 0 amide bonds. The summed E-state index contributed by atoms with van der Waals surface area (Å²) in [7, 11) is 0. The van der Waals surface area contributed by atoms with Crippen molar-refractivity contribution in [3.63, 3.8) is 0 Å². The molecule has 0 saturated carbocycles. The summed E-state index contributed by atoms with van der Waals surface area (Å²) >= 11 is 2.13. The molecule has 1 aromatic carbocycles. The largest absolute Gasteiger partial charge is 0.435 e. The minimum Gasteiger partial charge on any atom is -0.435 e. The number of hydrogen-bond donors (Lipinski definition) is 0. The summed E-state index contributed by atoms with van der Waals surface area (Å²) in [6.45, 7) is 1.83. The van der Waals surface area contributed by atoms with Gasteiger partial charge >= 0.3 is 0 Å². The van der Waals surface area contributed by atoms with Crippen molar-refractivity contribution in [1.29, 1.82) is 0 Å². The summed E-state index contributed by atoms with van der Waals surface area (Å²) in [4.78, 5) is 7.67. The van der Waals surface area contributed by atoms with E-state index >= 15 is 0 Å². The lowest BCUT2D eigenvalue weighted by atomic mass is 10.3. The molecular formula is C12H10FIN2O. The average molecular weight is 344 g/mol. The number of aromatic nitrogens is 2. The van der Waals surface area contributed by atoms with Crippen molar-refractivity contribution in [2.75, 3.05) is 0 Å². The van der Waals surface area contributed by atoms with Crippen molar-refractivity contribution >= 4 is 22.6 Å². The molecule has 0 atom stereocenters. The van der Waals surface area contributed by atoms with Crippen LogP contribution in [-0.4, -0.2) is 9.97 Å². The maximum atomic E-state index is 13.8. The minimum absolute atomic E-state index is 0.0269. The molecule has 1 heterocycles. The molecule has 0 radical (unpaired) electrons. The predicted octanol–water partition coefficient (Wildman–Crippen LogP) is 3.58. The fraction of sp³-hybridized carbons (Fsp3) is 0.167. The molecule has 0 N–H and O–H groups in total. The van der Waals surface area contributed by atoms with Crippen LogP contribution in [0.4, 0.5) is 4.39 Å². The fourth-order valence-electron chi connectivity index (χ4n) is 1.34. The van der Waals surface area contributed by atoms with Crippen LogP contribution in [0, 0.1) is 9.39 Å². The Morgan fingerprint density at radius 3 is 2.76 bits per heavy atom. The first-order chi connectivity index (χ1) is 8.22. The van der Waals surface area contributed by atoms with E-state index in [2.05, 4.69) is 32.6 Å². The van der Waals surface area contributed by atoms with Gasteiger partial charge in [-0.15, -0.1) is 0 Å². The van der Waals surface area contributed by atoms with Crippen LogP contribution in [0.15, 0.2) is 30.6 Å². The Bertz CT molecular complexity index is 534. The number of halogens is 2. The molecule has 0 aliphatic rings. The number of benzene rings is 1. The molecule has 0 fully saturated rings. The van der Waals surface area contributed by atoms with Crippen molar-refractivity contribution in [3.8, 4) is 11.6 Å². The maximum Gasteiger partial charge on any atom is 0.259 e. The highest BCUT2D eigenvalue weighted by molar-refractivity contribution is 14.1. The van der Waals surface area contributed by atoms with Gasteiger partial charge in [-0.2, -0.15) is 9.37 Å². The van der Waals surface area contributed by atoms with Crippen molar-refractivity contribution in [3.05, 3.63) is 45.7 Å². The van der Waals surface area contributed by atoms with Gasteiger partial charge in [0.1, 0.15) is 12.1 Å². The van der Waals surface area contributed by atoms with E-state index in [9.17, 15) is 4.39 Å². The molecule has 0 spiro atoms. The molecule has 2 aromatic rings. The van der Waals surface area contributed by atoms with Crippen LogP contribution >= 0.6 is 22.6 Å². The lowest BCUT2D eigenvalue weighted by molar-refractivity contribution is 0.413. The van der Waals surface area contributed by atoms with E-state index in [-0.39, 0.29) is 5.88 Å². The van der Waals surface area contributed by atoms with Crippen molar-refractivity contribution in [2.24, 2.45) is 0 Å². The van der Waals surface area contributed by atoms with Gasteiger partial charge in [-0.25, -0.2) is 4.98 Å². The second kappa shape index (κ2) is 5.39. The van der Waals surface area contributed by atoms with E-state index in [0.717, 1.165) is 3.57 Å². The average Bonchev–Trinajstić information content (AvgIpc) is 2.34. The molecule has 3 nitrogen and oxygen atoms in total. The smallest absolute Gasteiger partial charge is 0.259 e. The van der Waals surface area contributed by atoms with Crippen LogP contribution in [0.5, 0.6) is 11.6 Å². The Balaban J connectivity index is 2.34. The second-order valence-electron chi connectivity index (χ2n) is 3.33. The van der Waals surface area contributed by atoms with Crippen LogP contribution in [0.1, 0.15) is 12.6 Å². The SMILES string of the molecule is CCc1ncnc(Oc2ccccc2I)c1F. The first-order valence-corrected chi connectivity index (χ1v) is 6.22. The first-order valence-electron chi connectivity index (χ1n) is 5.14. The van der Waals surface area contributed by atoms with Gasteiger partial charge < -0.3 is 4.74 Å². The van der Waals surface area contributed by atoms with Gasteiger partial charge in [0.05, 0.1) is 9.26 Å². The maximum absolute atomic E-state index is 13.8. The number of hydrogen-bond acceptors (Lipinski definition) is 3. The number of nitrogens with zero attached hydrogens (tertiary/aromatic N) is 2. The highest BCUT2D eigenvalue weighted by Gasteiger charge is 2.12. The molecule has 0 aliphatic heterocycles. The van der Waals surface area contributed by atoms with E-state index in [0.29, 0.717) is 17.9 Å². The monoisotopic (exact) mass is 344 g/mol. The van der Waals surface area contributed by atoms with Gasteiger partial charge in [-0.3, -0.25) is 0 Å². The van der Waals surface area contributed by atoms with Crippen molar-refractivity contribution < 1.29 is 9.13 Å². The van der Waals surface area contributed by atoms with Gasteiger partial charge in [0.2, 0.25) is 5.82 Å². The number of para-hydroxylation sites is 1. The molecule has 0 bridgehead atoms. The highest BCUT2D eigenvalue weighted by Crippen LogP contribution is 2.27. The van der Waals surface area contributed by atoms with Crippen LogP contribution in [0.2, 0.25) is 0 Å². The van der Waals surface area contributed by atoms with E-state index in [1.165, 1.54) is 6.33 Å². The zero-order valence-corrected chi connectivity index (χ0v) is 11.3. The van der Waals surface area contributed by atoms with E-state index in [1.807, 2.05) is 25.1 Å². The molecule has 17 heavy (non-hydrogen) atoms. The normalized spacial score (nSPS) is 10.3. The first kappa shape index (κ1) is 12.2. The molecule has 5 heteroatoms. The number of aryl methyl sites for hydroxylation is 1. The second-order valence-corrected chi connectivity index (χ2v) is 4.49. The third kappa shape index (κ3) is 2.71. The van der Waals surface area contributed by atoms with Crippen LogP contribution < -0.4 is 4.74 Å². The Morgan fingerprint density at radius 2 is 2.06 bits per heavy atom. The molecule has 2 rings (SSSR count). The van der Waals surface area contributed by atoms with E-state index < -0.39 is 5.82 Å². The third-order valence-electron chi connectivity index (χ3n) is 2.21. The highest BCUT2D eigenvalue weighted by atomic mass is 127. The summed E-state index contributed by atoms with van der Waals surface area (Å²) in [6, 6.07) is 7.38. The zero-order valence-electron chi connectivity index (χ0n) is 9.15. The van der Waals surface area contributed by atoms with Crippen molar-refractivity contribution in [1.82, 2.24) is 9.97 Å². The number of rotatable bonds is 3. The van der Waals surface area contributed by atoms with Crippen molar-refractivity contribution in [2.45, 2.75) is 13.3 Å². The standard InChI is InChI=1S/C12H10FIN2O/c1-2-9-11(13)12(16-7-15-9)17-10-6-4-3-5-8(10)14/h3-7H,2H2,1H3. The summed E-state index contributed by atoms with van der Waals surface area (Å²) in [5, 5.41) is 0. The van der Waals surface area contributed by atoms with Crippen LogP contribution in [-0.2, 0) is 6.42 Å². The minimum atomic E-state index is -0.491. The van der Waals surface area contributed by atoms with Crippen LogP contribution in [0.3, 0.4) is 0 Å². The Labute approximate surface area is 112 Å². The molecule has 0 aliphatic carbocycles. The fourth-order valence-corrected chi connectivity index (χ4v) is 1.83. The lowest BCUT2D eigenvalue weighted by Gasteiger charge is -2.08. The molecular weight excluding hydrogens is 334 g/mol. The van der Waals surface area contributed by atoms with Gasteiger partial charge in [-0.1, -0.05) is 19.1 Å². The topological polar surface area (TPSA) is 35.0 Å². The predicted molar refractivity (Wildman–Crippen MR) is 70.6 cm³/mol. The number of ether oxygens (including phenoxy) is 1. The summed E-state index contributed by atoms with van der Waals surface area (Å²) in [5.74, 6) is 0.0726. The van der Waals surface area contributed by atoms with Gasteiger partial charge in [-0.05, 0) is 41.1 Å². The quantitative estimate of drug-likeness (QED) is 0.799. The van der Waals surface area contributed by atoms with Gasteiger partial charge in [0, 0.05) is 0 Å². The molecule has 0 unspecified atom stereocenters. The van der Waals surface area contributed by atoms with Gasteiger partial charge in [0.15, 0.2) is 0 Å². The summed E-state index contributed by atoms with van der Waals surface area (Å²) in [5.41, 5.74) is 0.362. The molecule has 0 saturated heterocycles. The zero-order chi connectivity index (χ0) is 12.3. The Hall–Kier alpha value is -1.24. The molecule has 88 valence electrons. The van der Waals surface area contributed by atoms with Crippen LogP contribution in [0.25, 0.3) is 0 Å². The Morgan fingerprint density at radius 1 is 1.29 bits per heavy atom. The van der Waals surface area contributed by atoms with Gasteiger partial charge in [0.25, 0.3) is 5.88 Å². The third-order valence-corrected chi connectivity index (χ3v) is 3.10. The summed E-state index contributed by atoms with van der Waals surface area (Å²) < 4.78 is 20.2. The Kier molecular flexibility index (Phi) is 3.88. The summed E-state index contributed by atoms with van der Waals surface area (Å²) in [6.07, 6.45) is 1.82. The molecule has 1 aromatic heterocycles. The lowest BCUT2D eigenvalue weighted by Crippen LogP contribution is -2.00.